The van der Waals surface area contributed by atoms with Gasteiger partial charge in [0.1, 0.15) is 6.04 Å². The Balaban J connectivity index is 1.75. The Morgan fingerprint density at radius 2 is 1.96 bits per heavy atom. The van der Waals surface area contributed by atoms with Crippen molar-refractivity contribution in [2.75, 3.05) is 13.1 Å². The van der Waals surface area contributed by atoms with Crippen LogP contribution in [-0.4, -0.2) is 46.8 Å². The van der Waals surface area contributed by atoms with Crippen molar-refractivity contribution < 1.29 is 9.59 Å². The molecule has 2 fully saturated rings. The first kappa shape index (κ1) is 16.0. The second-order valence-electron chi connectivity index (χ2n) is 7.26. The van der Waals surface area contributed by atoms with Crippen molar-refractivity contribution in [3.63, 3.8) is 0 Å². The first-order valence-electron chi connectivity index (χ1n) is 8.67. The average molecular weight is 314 g/mol. The van der Waals surface area contributed by atoms with E-state index >= 15 is 0 Å². The lowest BCUT2D eigenvalue weighted by Gasteiger charge is -2.41. The lowest BCUT2D eigenvalue weighted by Crippen LogP contribution is -2.60. The lowest BCUT2D eigenvalue weighted by molar-refractivity contribution is -0.141. The molecule has 0 aromatic heterocycles. The zero-order valence-corrected chi connectivity index (χ0v) is 14.3. The molecule has 1 aromatic rings. The maximum atomic E-state index is 12.8. The van der Waals surface area contributed by atoms with E-state index < -0.39 is 0 Å². The van der Waals surface area contributed by atoms with Crippen molar-refractivity contribution in [2.24, 2.45) is 5.92 Å². The summed E-state index contributed by atoms with van der Waals surface area (Å²) in [6.45, 7) is 7.74. The Bertz CT molecular complexity index is 594. The summed E-state index contributed by atoms with van der Waals surface area (Å²) in [6.07, 6.45) is 3.08. The van der Waals surface area contributed by atoms with Crippen LogP contribution in [0.2, 0.25) is 0 Å². The molecule has 124 valence electrons. The topological polar surface area (TPSA) is 40.6 Å². The van der Waals surface area contributed by atoms with E-state index in [0.717, 1.165) is 25.8 Å². The average Bonchev–Trinajstić information content (AvgIpc) is 2.99. The zero-order chi connectivity index (χ0) is 16.6. The van der Waals surface area contributed by atoms with Gasteiger partial charge in [-0.25, -0.2) is 0 Å². The molecule has 0 unspecified atom stereocenters. The minimum atomic E-state index is -0.354. The predicted octanol–water partition coefficient (Wildman–Crippen LogP) is 2.72. The van der Waals surface area contributed by atoms with Gasteiger partial charge in [0.25, 0.3) is 5.91 Å². The summed E-state index contributed by atoms with van der Waals surface area (Å²) in [5.74, 6) is 0.682. The van der Waals surface area contributed by atoms with E-state index in [4.69, 9.17) is 0 Å². The van der Waals surface area contributed by atoms with Crippen molar-refractivity contribution in [3.05, 3.63) is 35.4 Å². The lowest BCUT2D eigenvalue weighted by atomic mass is 10.0. The van der Waals surface area contributed by atoms with E-state index in [0.29, 0.717) is 18.0 Å². The first-order chi connectivity index (χ1) is 11.0. The van der Waals surface area contributed by atoms with E-state index in [1.54, 1.807) is 4.90 Å². The van der Waals surface area contributed by atoms with Crippen LogP contribution in [0.1, 0.15) is 49.5 Å². The minimum absolute atomic E-state index is 0.0199. The summed E-state index contributed by atoms with van der Waals surface area (Å²) in [5, 5.41) is 0. The Kier molecular flexibility index (Phi) is 4.42. The van der Waals surface area contributed by atoms with Crippen molar-refractivity contribution in [3.8, 4) is 0 Å². The van der Waals surface area contributed by atoms with Crippen LogP contribution < -0.4 is 0 Å². The van der Waals surface area contributed by atoms with Gasteiger partial charge >= 0.3 is 0 Å². The number of amides is 2. The third-order valence-electron chi connectivity index (χ3n) is 5.00. The Labute approximate surface area is 138 Å². The molecule has 0 radical (unpaired) electrons. The molecular weight excluding hydrogens is 288 g/mol. The second-order valence-corrected chi connectivity index (χ2v) is 7.26. The van der Waals surface area contributed by atoms with Gasteiger partial charge in [-0.3, -0.25) is 9.59 Å². The Hall–Kier alpha value is -1.84. The monoisotopic (exact) mass is 314 g/mol. The molecule has 2 aliphatic heterocycles. The van der Waals surface area contributed by atoms with Crippen molar-refractivity contribution in [1.82, 2.24) is 9.80 Å². The molecule has 2 amide bonds. The number of hydrogen-bond donors (Lipinski definition) is 0. The van der Waals surface area contributed by atoms with Crippen molar-refractivity contribution in [1.29, 1.82) is 0 Å². The van der Waals surface area contributed by atoms with Crippen LogP contribution in [0.5, 0.6) is 0 Å². The molecule has 3 rings (SSSR count). The quantitative estimate of drug-likeness (QED) is 0.861. The van der Waals surface area contributed by atoms with E-state index in [1.807, 2.05) is 36.1 Å². The number of nitrogens with zero attached hydrogens (tertiary/aromatic N) is 2. The molecule has 23 heavy (non-hydrogen) atoms. The second kappa shape index (κ2) is 6.34. The molecule has 0 N–H and O–H groups in total. The van der Waals surface area contributed by atoms with Crippen LogP contribution in [-0.2, 0) is 11.2 Å². The Morgan fingerprint density at radius 3 is 2.61 bits per heavy atom. The largest absolute Gasteiger partial charge is 0.336 e. The van der Waals surface area contributed by atoms with E-state index in [9.17, 15) is 9.59 Å². The van der Waals surface area contributed by atoms with E-state index in [1.165, 1.54) is 5.56 Å². The summed E-state index contributed by atoms with van der Waals surface area (Å²) in [6, 6.07) is 7.73. The molecule has 2 heterocycles. The summed E-state index contributed by atoms with van der Waals surface area (Å²) in [4.78, 5) is 29.0. The number of carbonyl (C=O) groups is 2. The van der Waals surface area contributed by atoms with Crippen LogP contribution in [0.15, 0.2) is 24.3 Å². The van der Waals surface area contributed by atoms with Gasteiger partial charge in [-0.2, -0.15) is 0 Å². The third-order valence-corrected chi connectivity index (χ3v) is 5.00. The molecule has 2 atom stereocenters. The molecular formula is C19H26N2O2. The number of rotatable bonds is 3. The SMILES string of the molecule is CC(C)Cc1ccc(C(=O)N2C[C@H]3CCCN3C(=O)[C@@H]2C)cc1. The van der Waals surface area contributed by atoms with Gasteiger partial charge in [-0.05, 0) is 49.8 Å². The Morgan fingerprint density at radius 1 is 1.26 bits per heavy atom. The van der Waals surface area contributed by atoms with Crippen LogP contribution in [0.3, 0.4) is 0 Å². The number of piperazine rings is 1. The van der Waals surface area contributed by atoms with Crippen molar-refractivity contribution >= 4 is 11.8 Å². The van der Waals surface area contributed by atoms with Gasteiger partial charge in [0.15, 0.2) is 0 Å². The van der Waals surface area contributed by atoms with Crippen molar-refractivity contribution in [2.45, 2.75) is 52.1 Å². The number of benzene rings is 1. The summed E-state index contributed by atoms with van der Waals surface area (Å²) in [7, 11) is 0. The molecule has 0 spiro atoms. The fourth-order valence-electron chi connectivity index (χ4n) is 3.75. The van der Waals surface area contributed by atoms with Crippen LogP contribution in [0.25, 0.3) is 0 Å². The van der Waals surface area contributed by atoms with Gasteiger partial charge in [0.05, 0.1) is 0 Å². The highest BCUT2D eigenvalue weighted by atomic mass is 16.2. The molecule has 4 nitrogen and oxygen atoms in total. The van der Waals surface area contributed by atoms with Crippen LogP contribution in [0.4, 0.5) is 0 Å². The fraction of sp³-hybridized carbons (Fsp3) is 0.579. The van der Waals surface area contributed by atoms with Crippen LogP contribution >= 0.6 is 0 Å². The van der Waals surface area contributed by atoms with Gasteiger partial charge < -0.3 is 9.80 Å². The summed E-state index contributed by atoms with van der Waals surface area (Å²) >= 11 is 0. The highest BCUT2D eigenvalue weighted by Gasteiger charge is 2.42. The van der Waals surface area contributed by atoms with Gasteiger partial charge in [-0.15, -0.1) is 0 Å². The highest BCUT2D eigenvalue weighted by Crippen LogP contribution is 2.26. The standard InChI is InChI=1S/C19H26N2O2/c1-13(2)11-15-6-8-16(9-7-15)19(23)21-12-17-5-4-10-20(17)18(22)14(21)3/h6-9,13-14,17H,4-5,10-12H2,1-3H3/t14-,17+/m0/s1. The molecule has 0 bridgehead atoms. The molecule has 1 aromatic carbocycles. The third kappa shape index (κ3) is 3.12. The predicted molar refractivity (Wildman–Crippen MR) is 90.2 cm³/mol. The summed E-state index contributed by atoms with van der Waals surface area (Å²) in [5.41, 5.74) is 1.94. The molecule has 4 heteroatoms. The van der Waals surface area contributed by atoms with Gasteiger partial charge in [0, 0.05) is 24.7 Å². The maximum absolute atomic E-state index is 12.8. The molecule has 0 saturated carbocycles. The molecule has 2 saturated heterocycles. The van der Waals surface area contributed by atoms with E-state index in [2.05, 4.69) is 13.8 Å². The normalized spacial score (nSPS) is 24.3. The first-order valence-corrected chi connectivity index (χ1v) is 8.67. The number of fused-ring (bicyclic) bond motifs is 1. The fourth-order valence-corrected chi connectivity index (χ4v) is 3.75. The highest BCUT2D eigenvalue weighted by molar-refractivity contribution is 5.98. The van der Waals surface area contributed by atoms with Crippen LogP contribution in [0, 0.1) is 5.92 Å². The number of carbonyl (C=O) groups excluding carboxylic acids is 2. The smallest absolute Gasteiger partial charge is 0.254 e. The van der Waals surface area contributed by atoms with E-state index in [-0.39, 0.29) is 23.9 Å². The molecule has 0 aliphatic carbocycles. The van der Waals surface area contributed by atoms with Gasteiger partial charge in [0.2, 0.25) is 5.91 Å². The van der Waals surface area contributed by atoms with Gasteiger partial charge in [-0.1, -0.05) is 26.0 Å². The molecule has 2 aliphatic rings. The maximum Gasteiger partial charge on any atom is 0.254 e. The minimum Gasteiger partial charge on any atom is -0.336 e. The summed E-state index contributed by atoms with van der Waals surface area (Å²) < 4.78 is 0. The zero-order valence-electron chi connectivity index (χ0n) is 14.3. The number of hydrogen-bond acceptors (Lipinski definition) is 2.